The molecule has 9 heteroatoms. The van der Waals surface area contributed by atoms with Gasteiger partial charge in [-0.15, -0.1) is 0 Å². The van der Waals surface area contributed by atoms with E-state index in [-0.39, 0.29) is 18.1 Å². The number of hydrogen-bond donors (Lipinski definition) is 0. The van der Waals surface area contributed by atoms with E-state index in [1.807, 2.05) is 0 Å². The van der Waals surface area contributed by atoms with Gasteiger partial charge in [-0.1, -0.05) is 24.3 Å². The van der Waals surface area contributed by atoms with Crippen LogP contribution in [0.3, 0.4) is 0 Å². The summed E-state index contributed by atoms with van der Waals surface area (Å²) in [6, 6.07) is 13.7. The van der Waals surface area contributed by atoms with E-state index in [0.717, 1.165) is 0 Å². The minimum atomic E-state index is -4.01. The monoisotopic (exact) mass is 424 g/mol. The molecule has 0 radical (unpaired) electrons. The summed E-state index contributed by atoms with van der Waals surface area (Å²) in [6.45, 7) is 4.07. The molecule has 1 aliphatic heterocycles. The summed E-state index contributed by atoms with van der Waals surface area (Å²) in [4.78, 5) is 0. The van der Waals surface area contributed by atoms with Crippen LogP contribution >= 0.6 is 7.82 Å². The van der Waals surface area contributed by atoms with Crippen LogP contribution in [0.25, 0.3) is 0 Å². The van der Waals surface area contributed by atoms with E-state index in [9.17, 15) is 4.57 Å². The number of hydrogen-bond acceptors (Lipinski definition) is 8. The van der Waals surface area contributed by atoms with Gasteiger partial charge in [0.15, 0.2) is 23.0 Å². The van der Waals surface area contributed by atoms with Gasteiger partial charge in [0.2, 0.25) is 0 Å². The molecule has 8 nitrogen and oxygen atoms in total. The van der Waals surface area contributed by atoms with E-state index >= 15 is 0 Å². The highest BCUT2D eigenvalue weighted by Crippen LogP contribution is 2.52. The van der Waals surface area contributed by atoms with Crippen molar-refractivity contribution in [3.63, 3.8) is 0 Å². The van der Waals surface area contributed by atoms with Gasteiger partial charge in [0, 0.05) is 0 Å². The van der Waals surface area contributed by atoms with Crippen LogP contribution in [-0.2, 0) is 18.6 Å². The molecule has 0 aliphatic carbocycles. The van der Waals surface area contributed by atoms with Crippen LogP contribution in [0.2, 0.25) is 0 Å². The van der Waals surface area contributed by atoms with Crippen molar-refractivity contribution < 1.29 is 37.1 Å². The third-order valence-corrected chi connectivity index (χ3v) is 5.16. The van der Waals surface area contributed by atoms with E-state index in [1.165, 1.54) is 0 Å². The quantitative estimate of drug-likeness (QED) is 0.667. The van der Waals surface area contributed by atoms with Crippen LogP contribution in [0.4, 0.5) is 0 Å². The predicted molar refractivity (Wildman–Crippen MR) is 106 cm³/mol. The number of para-hydroxylation sites is 4. The number of benzene rings is 2. The summed E-state index contributed by atoms with van der Waals surface area (Å²) in [5.74, 6) is 1.31. The van der Waals surface area contributed by atoms with Crippen molar-refractivity contribution in [1.82, 2.24) is 0 Å². The Kier molecular flexibility index (Phi) is 8.19. The Bertz CT molecular complexity index is 751. The molecule has 0 fully saturated rings. The summed E-state index contributed by atoms with van der Waals surface area (Å²) >= 11 is 0. The van der Waals surface area contributed by atoms with Gasteiger partial charge < -0.3 is 28.0 Å². The zero-order valence-corrected chi connectivity index (χ0v) is 17.2. The molecule has 29 heavy (non-hydrogen) atoms. The van der Waals surface area contributed by atoms with Gasteiger partial charge in [-0.3, -0.25) is 4.52 Å². The Labute approximate surface area is 170 Å². The highest BCUT2D eigenvalue weighted by Gasteiger charge is 2.32. The molecule has 3 rings (SSSR count). The number of phosphoric ester groups is 1. The number of ether oxygens (including phenoxy) is 4. The predicted octanol–water partition coefficient (Wildman–Crippen LogP) is 4.09. The summed E-state index contributed by atoms with van der Waals surface area (Å²) in [7, 11) is -4.01. The van der Waals surface area contributed by atoms with Crippen molar-refractivity contribution >= 4 is 7.82 Å². The highest BCUT2D eigenvalue weighted by atomic mass is 31.2. The molecule has 0 N–H and O–H groups in total. The average Bonchev–Trinajstić information content (AvgIpc) is 2.71. The highest BCUT2D eigenvalue weighted by molar-refractivity contribution is 7.49. The van der Waals surface area contributed by atoms with Gasteiger partial charge in [0.05, 0.1) is 33.0 Å². The van der Waals surface area contributed by atoms with Crippen molar-refractivity contribution in [3.8, 4) is 23.0 Å². The molecular formula is C20H25O8P. The Balaban J connectivity index is 1.87. The van der Waals surface area contributed by atoms with Crippen molar-refractivity contribution in [2.75, 3.05) is 46.2 Å². The standard InChI is InChI=1S/C20H25O8P/c1-2-26-29(21)27-19-9-5-3-7-17(19)24-15-13-22-11-12-23-14-16-25-18-8-4-6-10-20(18)28-29/h3-10H,2,11-16H2,1H3. The van der Waals surface area contributed by atoms with Crippen molar-refractivity contribution in [2.45, 2.75) is 6.92 Å². The molecule has 0 saturated heterocycles. The number of phosphoric acid groups is 1. The number of rotatable bonds is 2. The second-order valence-corrected chi connectivity index (χ2v) is 7.38. The fraction of sp³-hybridized carbons (Fsp3) is 0.400. The van der Waals surface area contributed by atoms with E-state index in [0.29, 0.717) is 51.1 Å². The average molecular weight is 424 g/mol. The molecule has 2 aromatic carbocycles. The lowest BCUT2D eigenvalue weighted by Crippen LogP contribution is -2.13. The van der Waals surface area contributed by atoms with E-state index in [4.69, 9.17) is 32.5 Å². The van der Waals surface area contributed by atoms with Crippen LogP contribution in [-0.4, -0.2) is 46.2 Å². The lowest BCUT2D eigenvalue weighted by atomic mass is 10.3. The summed E-state index contributed by atoms with van der Waals surface area (Å²) in [5.41, 5.74) is 0. The normalized spacial score (nSPS) is 17.8. The Morgan fingerprint density at radius 2 is 1.14 bits per heavy atom. The molecule has 1 aliphatic rings. The number of fused-ring (bicyclic) bond motifs is 2. The molecule has 0 unspecified atom stereocenters. The molecule has 1 heterocycles. The second kappa shape index (κ2) is 11.1. The zero-order chi connectivity index (χ0) is 20.4. The minimum Gasteiger partial charge on any atom is -0.487 e. The molecule has 0 atom stereocenters. The van der Waals surface area contributed by atoms with E-state index in [1.54, 1.807) is 55.5 Å². The zero-order valence-electron chi connectivity index (χ0n) is 16.3. The van der Waals surface area contributed by atoms with Crippen LogP contribution in [0.1, 0.15) is 6.92 Å². The van der Waals surface area contributed by atoms with Gasteiger partial charge in [-0.05, 0) is 31.2 Å². The SMILES string of the molecule is CCOP1(=O)Oc2ccccc2OCCOCCOCCOc2ccccc2O1. The molecule has 0 bridgehead atoms. The van der Waals surface area contributed by atoms with Crippen molar-refractivity contribution in [1.29, 1.82) is 0 Å². The molecular weight excluding hydrogens is 399 g/mol. The van der Waals surface area contributed by atoms with Gasteiger partial charge in [0.25, 0.3) is 0 Å². The topological polar surface area (TPSA) is 81.7 Å². The summed E-state index contributed by atoms with van der Waals surface area (Å²) in [6.07, 6.45) is 0. The second-order valence-electron chi connectivity index (χ2n) is 5.86. The molecule has 0 amide bonds. The summed E-state index contributed by atoms with van der Waals surface area (Å²) < 4.78 is 52.4. The Hall–Kier alpha value is -2.25. The smallest absolute Gasteiger partial charge is 0.487 e. The molecule has 158 valence electrons. The maximum Gasteiger partial charge on any atom is 0.587 e. The molecule has 2 aromatic rings. The van der Waals surface area contributed by atoms with Crippen LogP contribution in [0.15, 0.2) is 48.5 Å². The maximum atomic E-state index is 13.3. The van der Waals surface area contributed by atoms with Gasteiger partial charge >= 0.3 is 7.82 Å². The van der Waals surface area contributed by atoms with Gasteiger partial charge in [-0.25, -0.2) is 4.57 Å². The minimum absolute atomic E-state index is 0.130. The lowest BCUT2D eigenvalue weighted by molar-refractivity contribution is 0.0272. The lowest BCUT2D eigenvalue weighted by Gasteiger charge is -2.21. The first-order chi connectivity index (χ1) is 14.2. The molecule has 0 spiro atoms. The van der Waals surface area contributed by atoms with Gasteiger partial charge in [-0.2, -0.15) is 0 Å². The molecule has 0 saturated carbocycles. The van der Waals surface area contributed by atoms with E-state index in [2.05, 4.69) is 0 Å². The fourth-order valence-corrected chi connectivity index (χ4v) is 3.75. The Morgan fingerprint density at radius 3 is 1.59 bits per heavy atom. The third kappa shape index (κ3) is 6.65. The largest absolute Gasteiger partial charge is 0.587 e. The van der Waals surface area contributed by atoms with Crippen molar-refractivity contribution in [2.24, 2.45) is 0 Å². The molecule has 0 aromatic heterocycles. The third-order valence-electron chi connectivity index (χ3n) is 3.75. The van der Waals surface area contributed by atoms with Gasteiger partial charge in [0.1, 0.15) is 13.2 Å². The maximum absolute atomic E-state index is 13.3. The Morgan fingerprint density at radius 1 is 0.724 bits per heavy atom. The first kappa shape index (κ1) is 21.5. The first-order valence-corrected chi connectivity index (χ1v) is 10.9. The van der Waals surface area contributed by atoms with Crippen LogP contribution in [0.5, 0.6) is 23.0 Å². The summed E-state index contributed by atoms with van der Waals surface area (Å²) in [5, 5.41) is 0. The van der Waals surface area contributed by atoms with Crippen LogP contribution < -0.4 is 18.5 Å². The fourth-order valence-electron chi connectivity index (χ4n) is 2.50. The van der Waals surface area contributed by atoms with E-state index < -0.39 is 7.82 Å². The first-order valence-electron chi connectivity index (χ1n) is 9.43. The van der Waals surface area contributed by atoms with Crippen molar-refractivity contribution in [3.05, 3.63) is 48.5 Å². The van der Waals surface area contributed by atoms with Crippen LogP contribution in [0, 0.1) is 0 Å².